The molecule has 1 N–H and O–H groups in total. The van der Waals surface area contributed by atoms with E-state index in [0.29, 0.717) is 41.3 Å². The number of hydrogen-bond donors (Lipinski definition) is 1. The third-order valence-corrected chi connectivity index (χ3v) is 8.77. The number of hydrogen-bond acceptors (Lipinski definition) is 6. The van der Waals surface area contributed by atoms with Crippen LogP contribution in [0.15, 0.2) is 96.7 Å². The zero-order valence-corrected chi connectivity index (χ0v) is 28.3. The summed E-state index contributed by atoms with van der Waals surface area (Å²) in [6, 6.07) is 28.3. The fourth-order valence-corrected chi connectivity index (χ4v) is 5.80. The van der Waals surface area contributed by atoms with Gasteiger partial charge in [-0.05, 0) is 99.3 Å². The van der Waals surface area contributed by atoms with Crippen LogP contribution in [0.25, 0.3) is 11.1 Å². The second-order valence-corrected chi connectivity index (χ2v) is 12.4. The number of carbonyl (C=O) groups excluding carboxylic acids is 3. The van der Waals surface area contributed by atoms with Gasteiger partial charge in [0.15, 0.2) is 0 Å². The van der Waals surface area contributed by atoms with Gasteiger partial charge >= 0.3 is 0 Å². The lowest BCUT2D eigenvalue weighted by Crippen LogP contribution is -2.44. The average molecular weight is 645 g/mol. The van der Waals surface area contributed by atoms with E-state index in [-0.39, 0.29) is 11.8 Å². The number of nitrogens with zero attached hydrogens (tertiary/aromatic N) is 3. The molecular weight excluding hydrogens is 600 g/mol. The second kappa shape index (κ2) is 16.1. The van der Waals surface area contributed by atoms with Crippen LogP contribution in [-0.2, 0) is 4.79 Å². The van der Waals surface area contributed by atoms with Crippen LogP contribution >= 0.6 is 0 Å². The number of nitrogens with one attached hydrogen (secondary N) is 1. The Balaban J connectivity index is 1.18. The first kappa shape index (κ1) is 34.2. The Morgan fingerprint density at radius 3 is 2.25 bits per heavy atom. The molecule has 1 aliphatic heterocycles. The lowest BCUT2D eigenvalue weighted by atomic mass is 9.98. The van der Waals surface area contributed by atoms with Gasteiger partial charge in [-0.1, -0.05) is 54.1 Å². The summed E-state index contributed by atoms with van der Waals surface area (Å²) in [5.41, 5.74) is 7.06. The Labute approximate surface area is 283 Å². The first-order valence-electron chi connectivity index (χ1n) is 16.5. The molecule has 0 spiro atoms. The van der Waals surface area contributed by atoms with Crippen molar-refractivity contribution < 1.29 is 19.1 Å². The van der Waals surface area contributed by atoms with Gasteiger partial charge in [-0.3, -0.25) is 9.59 Å². The zero-order valence-electron chi connectivity index (χ0n) is 28.3. The number of likely N-dealkylation sites (N-methyl/N-ethyl adjacent to an activating group) is 1. The number of anilines is 2. The van der Waals surface area contributed by atoms with Crippen molar-refractivity contribution in [2.24, 2.45) is 0 Å². The van der Waals surface area contributed by atoms with Crippen LogP contribution in [0.1, 0.15) is 51.1 Å². The molecule has 0 aliphatic carbocycles. The SMILES string of the molecule is Cc1ccc(-c2ccccc2C(=O)Nc2ccc(C(=O)N(C)c3cc(C)ccc3OCCCCC(=C=O)N3CCN(C)CC3)cc2)cc1. The molecule has 8 nitrogen and oxygen atoms in total. The van der Waals surface area contributed by atoms with Gasteiger partial charge in [-0.15, -0.1) is 0 Å². The largest absolute Gasteiger partial charge is 0.491 e. The van der Waals surface area contributed by atoms with Crippen LogP contribution in [-0.4, -0.2) is 74.4 Å². The standard InChI is InChI=1S/C40H44N4O4/c1-29-12-15-31(16-13-29)35-10-5-6-11-36(35)39(46)41-33-19-17-32(18-20-33)40(47)43(4)37-27-30(2)14-21-38(37)48-26-8-7-9-34(28-45)44-24-22-42(3)23-25-44/h5-6,10-21,27H,7-9,22-26H2,1-4H3,(H,41,46). The maximum absolute atomic E-state index is 13.6. The number of carbonyl (C=O) groups is 2. The molecule has 0 saturated carbocycles. The Morgan fingerprint density at radius 1 is 0.854 bits per heavy atom. The smallest absolute Gasteiger partial charge is 0.258 e. The van der Waals surface area contributed by atoms with Crippen LogP contribution in [0, 0.1) is 13.8 Å². The van der Waals surface area contributed by atoms with Crippen molar-refractivity contribution >= 4 is 29.1 Å². The van der Waals surface area contributed by atoms with Crippen molar-refractivity contribution in [2.45, 2.75) is 33.1 Å². The number of rotatable bonds is 12. The molecule has 0 radical (unpaired) electrons. The summed E-state index contributed by atoms with van der Waals surface area (Å²) >= 11 is 0. The number of benzene rings is 4. The fraction of sp³-hybridized carbons (Fsp3) is 0.300. The molecule has 0 aromatic heterocycles. The molecule has 8 heteroatoms. The molecule has 248 valence electrons. The predicted molar refractivity (Wildman–Crippen MR) is 193 cm³/mol. The number of aryl methyl sites for hydroxylation is 2. The van der Waals surface area contributed by atoms with Gasteiger partial charge in [0.25, 0.3) is 11.8 Å². The van der Waals surface area contributed by atoms with Crippen molar-refractivity contribution in [2.75, 3.05) is 57.1 Å². The highest BCUT2D eigenvalue weighted by molar-refractivity contribution is 6.09. The van der Waals surface area contributed by atoms with Gasteiger partial charge in [0.2, 0.25) is 0 Å². The molecule has 1 aliphatic rings. The topological polar surface area (TPSA) is 82.2 Å². The van der Waals surface area contributed by atoms with Crippen LogP contribution in [0.2, 0.25) is 0 Å². The highest BCUT2D eigenvalue weighted by atomic mass is 16.5. The summed E-state index contributed by atoms with van der Waals surface area (Å²) in [6.07, 6.45) is 2.26. The minimum absolute atomic E-state index is 0.194. The summed E-state index contributed by atoms with van der Waals surface area (Å²) in [6.45, 7) is 8.07. The molecule has 4 aromatic rings. The van der Waals surface area contributed by atoms with E-state index >= 15 is 0 Å². The van der Waals surface area contributed by atoms with Gasteiger partial charge in [0.05, 0.1) is 18.0 Å². The van der Waals surface area contributed by atoms with E-state index in [1.54, 1.807) is 36.2 Å². The molecule has 2 amide bonds. The maximum Gasteiger partial charge on any atom is 0.258 e. The van der Waals surface area contributed by atoms with Crippen LogP contribution in [0.3, 0.4) is 0 Å². The second-order valence-electron chi connectivity index (χ2n) is 12.4. The maximum atomic E-state index is 13.6. The fourth-order valence-electron chi connectivity index (χ4n) is 5.80. The van der Waals surface area contributed by atoms with E-state index in [1.807, 2.05) is 80.6 Å². The van der Waals surface area contributed by atoms with Crippen LogP contribution in [0.5, 0.6) is 5.75 Å². The van der Waals surface area contributed by atoms with Gasteiger partial charge in [0, 0.05) is 50.0 Å². The van der Waals surface area contributed by atoms with Crippen LogP contribution < -0.4 is 15.0 Å². The zero-order chi connectivity index (χ0) is 34.0. The number of ether oxygens (including phenoxy) is 1. The van der Waals surface area contributed by atoms with E-state index in [2.05, 4.69) is 28.1 Å². The molecular formula is C40H44N4O4. The summed E-state index contributed by atoms with van der Waals surface area (Å²) in [4.78, 5) is 44.5. The minimum atomic E-state index is -0.221. The quantitative estimate of drug-likeness (QED) is 0.132. The number of allylic oxidation sites excluding steroid dienone is 1. The van der Waals surface area contributed by atoms with E-state index in [4.69, 9.17) is 4.74 Å². The highest BCUT2D eigenvalue weighted by Crippen LogP contribution is 2.31. The molecule has 4 aromatic carbocycles. The summed E-state index contributed by atoms with van der Waals surface area (Å²) < 4.78 is 6.16. The molecule has 1 heterocycles. The van der Waals surface area contributed by atoms with Crippen molar-refractivity contribution in [1.82, 2.24) is 9.80 Å². The lowest BCUT2D eigenvalue weighted by molar-refractivity contribution is 0.0990. The predicted octanol–water partition coefficient (Wildman–Crippen LogP) is 7.01. The monoisotopic (exact) mass is 644 g/mol. The van der Waals surface area contributed by atoms with Gasteiger partial charge in [-0.25, -0.2) is 4.79 Å². The normalized spacial score (nSPS) is 13.0. The van der Waals surface area contributed by atoms with Crippen molar-refractivity contribution in [1.29, 1.82) is 0 Å². The van der Waals surface area contributed by atoms with E-state index in [9.17, 15) is 14.4 Å². The Hall–Kier alpha value is -5.17. The van der Waals surface area contributed by atoms with E-state index in [1.165, 1.54) is 0 Å². The average Bonchev–Trinajstić information content (AvgIpc) is 3.11. The number of amides is 2. The van der Waals surface area contributed by atoms with Crippen molar-refractivity contribution in [3.8, 4) is 16.9 Å². The summed E-state index contributed by atoms with van der Waals surface area (Å²) in [5, 5.41) is 2.98. The van der Waals surface area contributed by atoms with Crippen molar-refractivity contribution in [3.63, 3.8) is 0 Å². The first-order valence-corrected chi connectivity index (χ1v) is 16.5. The molecule has 0 atom stereocenters. The van der Waals surface area contributed by atoms with E-state index in [0.717, 1.165) is 67.0 Å². The molecule has 0 unspecified atom stereocenters. The van der Waals surface area contributed by atoms with Gasteiger partial charge in [0.1, 0.15) is 11.7 Å². The molecule has 0 bridgehead atoms. The minimum Gasteiger partial charge on any atom is -0.491 e. The Morgan fingerprint density at radius 2 is 1.54 bits per heavy atom. The Kier molecular flexibility index (Phi) is 11.5. The van der Waals surface area contributed by atoms with Gasteiger partial charge in [-0.2, -0.15) is 0 Å². The third kappa shape index (κ3) is 8.59. The van der Waals surface area contributed by atoms with Crippen LogP contribution in [0.4, 0.5) is 11.4 Å². The summed E-state index contributed by atoms with van der Waals surface area (Å²) in [7, 11) is 3.83. The van der Waals surface area contributed by atoms with Crippen molar-refractivity contribution in [3.05, 3.63) is 119 Å². The molecule has 48 heavy (non-hydrogen) atoms. The lowest BCUT2D eigenvalue weighted by Gasteiger charge is -2.34. The number of piperazine rings is 1. The van der Waals surface area contributed by atoms with E-state index < -0.39 is 0 Å². The molecule has 5 rings (SSSR count). The highest BCUT2D eigenvalue weighted by Gasteiger charge is 2.20. The first-order chi connectivity index (χ1) is 23.2. The third-order valence-electron chi connectivity index (χ3n) is 8.77. The summed E-state index contributed by atoms with van der Waals surface area (Å²) in [5.74, 6) is 2.36. The molecule has 1 saturated heterocycles. The number of unbranched alkanes of at least 4 members (excludes halogenated alkanes) is 1. The van der Waals surface area contributed by atoms with Gasteiger partial charge < -0.3 is 24.8 Å². The molecule has 1 fully saturated rings. The Bertz CT molecular complexity index is 1770.